The van der Waals surface area contributed by atoms with Gasteiger partial charge in [-0.25, -0.2) is 4.39 Å². The van der Waals surface area contributed by atoms with Gasteiger partial charge in [-0.1, -0.05) is 17.3 Å². The predicted molar refractivity (Wildman–Crippen MR) is 63.2 cm³/mol. The zero-order chi connectivity index (χ0) is 13.0. The summed E-state index contributed by atoms with van der Waals surface area (Å²) in [6, 6.07) is 7.73. The van der Waals surface area contributed by atoms with Gasteiger partial charge in [0.15, 0.2) is 5.76 Å². The van der Waals surface area contributed by atoms with Gasteiger partial charge < -0.3 is 9.84 Å². The van der Waals surface area contributed by atoms with Crippen molar-refractivity contribution < 1.29 is 13.7 Å². The summed E-state index contributed by atoms with van der Waals surface area (Å²) in [4.78, 5) is 11.6. The summed E-state index contributed by atoms with van der Waals surface area (Å²) in [7, 11) is 0. The summed E-state index contributed by atoms with van der Waals surface area (Å²) in [5.41, 5.74) is 1.41. The average Bonchev–Trinajstić information content (AvgIpc) is 2.73. The van der Waals surface area contributed by atoms with Crippen LogP contribution in [0.1, 0.15) is 17.0 Å². The van der Waals surface area contributed by atoms with Gasteiger partial charge in [0.25, 0.3) is 0 Å². The molecule has 5 heteroatoms. The van der Waals surface area contributed by atoms with Crippen molar-refractivity contribution in [3.63, 3.8) is 0 Å². The number of nitrogens with zero attached hydrogens (tertiary/aromatic N) is 1. The van der Waals surface area contributed by atoms with Crippen LogP contribution in [0.5, 0.6) is 0 Å². The predicted octanol–water partition coefficient (Wildman–Crippen LogP) is 1.98. The average molecular weight is 248 g/mol. The molecule has 0 saturated heterocycles. The molecule has 1 aromatic carbocycles. The van der Waals surface area contributed by atoms with Crippen LogP contribution < -0.4 is 5.32 Å². The molecule has 0 aliphatic heterocycles. The molecular weight excluding hydrogens is 235 g/mol. The number of benzene rings is 1. The molecule has 0 saturated carbocycles. The van der Waals surface area contributed by atoms with Crippen molar-refractivity contribution in [2.24, 2.45) is 0 Å². The maximum atomic E-state index is 12.9. The lowest BCUT2D eigenvalue weighted by Crippen LogP contribution is -2.24. The Morgan fingerprint density at radius 2 is 2.28 bits per heavy atom. The Morgan fingerprint density at radius 1 is 1.44 bits per heavy atom. The summed E-state index contributed by atoms with van der Waals surface area (Å²) in [5.74, 6) is 0.0703. The first-order valence-corrected chi connectivity index (χ1v) is 5.57. The first kappa shape index (κ1) is 12.3. The largest absolute Gasteiger partial charge is 0.359 e. The number of carbonyl (C=O) groups excluding carboxylic acids is 1. The normalized spacial score (nSPS) is 10.3. The maximum absolute atomic E-state index is 12.9. The van der Waals surface area contributed by atoms with Crippen LogP contribution in [0.3, 0.4) is 0 Å². The molecule has 2 rings (SSSR count). The van der Waals surface area contributed by atoms with E-state index in [-0.39, 0.29) is 24.7 Å². The lowest BCUT2D eigenvalue weighted by Gasteiger charge is -2.03. The van der Waals surface area contributed by atoms with Gasteiger partial charge in [0, 0.05) is 6.07 Å². The van der Waals surface area contributed by atoms with Crippen LogP contribution in [0.2, 0.25) is 0 Å². The molecule has 1 N–H and O–H groups in total. The minimum Gasteiger partial charge on any atom is -0.359 e. The van der Waals surface area contributed by atoms with Crippen molar-refractivity contribution in [2.45, 2.75) is 19.9 Å². The van der Waals surface area contributed by atoms with Gasteiger partial charge in [-0.05, 0) is 24.6 Å². The van der Waals surface area contributed by atoms with E-state index in [0.717, 1.165) is 5.69 Å². The van der Waals surface area contributed by atoms with Gasteiger partial charge in [0.05, 0.1) is 18.7 Å². The van der Waals surface area contributed by atoms with Gasteiger partial charge >= 0.3 is 0 Å². The van der Waals surface area contributed by atoms with E-state index in [1.807, 2.05) is 6.92 Å². The molecule has 0 radical (unpaired) electrons. The zero-order valence-electron chi connectivity index (χ0n) is 9.94. The molecule has 2 aromatic rings. The Balaban J connectivity index is 1.85. The number of hydrogen-bond donors (Lipinski definition) is 1. The van der Waals surface area contributed by atoms with Crippen molar-refractivity contribution in [2.75, 3.05) is 0 Å². The summed E-state index contributed by atoms with van der Waals surface area (Å²) >= 11 is 0. The monoisotopic (exact) mass is 248 g/mol. The molecule has 0 spiro atoms. The fourth-order valence-electron chi connectivity index (χ4n) is 1.58. The third-order valence-electron chi connectivity index (χ3n) is 2.39. The zero-order valence-corrected chi connectivity index (χ0v) is 9.94. The van der Waals surface area contributed by atoms with Crippen molar-refractivity contribution in [3.8, 4) is 0 Å². The third kappa shape index (κ3) is 3.41. The van der Waals surface area contributed by atoms with E-state index in [2.05, 4.69) is 10.5 Å². The highest BCUT2D eigenvalue weighted by atomic mass is 19.1. The molecule has 0 aliphatic rings. The number of aromatic nitrogens is 1. The van der Waals surface area contributed by atoms with Gasteiger partial charge in [-0.3, -0.25) is 4.79 Å². The number of hydrogen-bond acceptors (Lipinski definition) is 3. The molecule has 0 aliphatic carbocycles. The van der Waals surface area contributed by atoms with Crippen molar-refractivity contribution in [1.82, 2.24) is 10.5 Å². The lowest BCUT2D eigenvalue weighted by atomic mass is 10.1. The number of aryl methyl sites for hydroxylation is 1. The smallest absolute Gasteiger partial charge is 0.224 e. The number of nitrogens with one attached hydrogen (secondary N) is 1. The number of carbonyl (C=O) groups is 1. The van der Waals surface area contributed by atoms with E-state index >= 15 is 0 Å². The van der Waals surface area contributed by atoms with Crippen LogP contribution in [0.4, 0.5) is 4.39 Å². The molecule has 18 heavy (non-hydrogen) atoms. The Morgan fingerprint density at radius 3 is 2.94 bits per heavy atom. The molecule has 1 aromatic heterocycles. The summed E-state index contributed by atoms with van der Waals surface area (Å²) in [5, 5.41) is 6.40. The van der Waals surface area contributed by atoms with Gasteiger partial charge in [0.2, 0.25) is 5.91 Å². The van der Waals surface area contributed by atoms with E-state index < -0.39 is 0 Å². The third-order valence-corrected chi connectivity index (χ3v) is 2.39. The number of rotatable bonds is 4. The fraction of sp³-hybridized carbons (Fsp3) is 0.231. The summed E-state index contributed by atoms with van der Waals surface area (Å²) < 4.78 is 17.9. The molecule has 94 valence electrons. The van der Waals surface area contributed by atoms with E-state index in [9.17, 15) is 9.18 Å². The Labute approximate surface area is 104 Å². The molecule has 4 nitrogen and oxygen atoms in total. The highest BCUT2D eigenvalue weighted by Gasteiger charge is 2.06. The minimum atomic E-state index is -0.342. The molecule has 1 amide bonds. The second-order valence-electron chi connectivity index (χ2n) is 4.02. The fourth-order valence-corrected chi connectivity index (χ4v) is 1.58. The molecule has 0 unspecified atom stereocenters. The van der Waals surface area contributed by atoms with Crippen LogP contribution in [0.15, 0.2) is 34.9 Å². The maximum Gasteiger partial charge on any atom is 0.224 e. The molecule has 1 heterocycles. The van der Waals surface area contributed by atoms with E-state index in [1.165, 1.54) is 12.1 Å². The summed E-state index contributed by atoms with van der Waals surface area (Å²) in [6.07, 6.45) is 0.144. The van der Waals surface area contributed by atoms with Crippen molar-refractivity contribution in [1.29, 1.82) is 0 Å². The highest BCUT2D eigenvalue weighted by molar-refractivity contribution is 5.78. The standard InChI is InChI=1S/C13H13FN2O2/c1-9-5-12(18-16-9)8-15-13(17)7-10-3-2-4-11(14)6-10/h2-6H,7-8H2,1H3,(H,15,17). The van der Waals surface area contributed by atoms with E-state index in [1.54, 1.807) is 18.2 Å². The Hall–Kier alpha value is -2.17. The second-order valence-corrected chi connectivity index (χ2v) is 4.02. The minimum absolute atomic E-state index is 0.144. The number of amides is 1. The molecular formula is C13H13FN2O2. The first-order valence-electron chi connectivity index (χ1n) is 5.57. The van der Waals surface area contributed by atoms with Crippen LogP contribution in [-0.2, 0) is 17.8 Å². The quantitative estimate of drug-likeness (QED) is 0.900. The van der Waals surface area contributed by atoms with Crippen LogP contribution in [0, 0.1) is 12.7 Å². The van der Waals surface area contributed by atoms with Gasteiger partial charge in [-0.15, -0.1) is 0 Å². The van der Waals surface area contributed by atoms with Crippen LogP contribution in [-0.4, -0.2) is 11.1 Å². The Bertz CT molecular complexity index is 551. The van der Waals surface area contributed by atoms with E-state index in [0.29, 0.717) is 11.3 Å². The highest BCUT2D eigenvalue weighted by Crippen LogP contribution is 2.05. The number of halogens is 1. The van der Waals surface area contributed by atoms with Crippen LogP contribution in [0.25, 0.3) is 0 Å². The molecule has 0 atom stereocenters. The first-order chi connectivity index (χ1) is 8.63. The van der Waals surface area contributed by atoms with Gasteiger partial charge in [-0.2, -0.15) is 0 Å². The van der Waals surface area contributed by atoms with E-state index in [4.69, 9.17) is 4.52 Å². The molecule has 0 bridgehead atoms. The van der Waals surface area contributed by atoms with Crippen molar-refractivity contribution >= 4 is 5.91 Å². The molecule has 0 fully saturated rings. The lowest BCUT2D eigenvalue weighted by molar-refractivity contribution is -0.120. The SMILES string of the molecule is Cc1cc(CNC(=O)Cc2cccc(F)c2)on1. The van der Waals surface area contributed by atoms with Crippen LogP contribution >= 0.6 is 0 Å². The second kappa shape index (κ2) is 5.44. The topological polar surface area (TPSA) is 55.1 Å². The Kier molecular flexibility index (Phi) is 3.72. The van der Waals surface area contributed by atoms with Gasteiger partial charge in [0.1, 0.15) is 5.82 Å². The van der Waals surface area contributed by atoms with Crippen molar-refractivity contribution in [3.05, 3.63) is 53.2 Å². The summed E-state index contributed by atoms with van der Waals surface area (Å²) in [6.45, 7) is 2.09.